The van der Waals surface area contributed by atoms with E-state index >= 15 is 0 Å². The topological polar surface area (TPSA) is 83.5 Å². The molecule has 0 atom stereocenters. The Bertz CT molecular complexity index is 1680. The highest BCUT2D eigenvalue weighted by molar-refractivity contribution is 9.10. The zero-order chi connectivity index (χ0) is 26.7. The fraction of sp³-hybridized carbons (Fsp3) is 0.107. The van der Waals surface area contributed by atoms with Crippen molar-refractivity contribution in [3.05, 3.63) is 118 Å². The van der Waals surface area contributed by atoms with Crippen molar-refractivity contribution in [1.29, 1.82) is 0 Å². The van der Waals surface area contributed by atoms with Crippen molar-refractivity contribution in [2.45, 2.75) is 18.0 Å². The Morgan fingerprint density at radius 2 is 1.66 bits per heavy atom. The maximum absolute atomic E-state index is 13.7. The minimum absolute atomic E-state index is 0.119. The Morgan fingerprint density at radius 1 is 0.921 bits per heavy atom. The van der Waals surface area contributed by atoms with Crippen LogP contribution in [0.1, 0.15) is 21.6 Å². The number of aromatic nitrogens is 2. The van der Waals surface area contributed by atoms with Gasteiger partial charge in [0.15, 0.2) is 5.13 Å². The van der Waals surface area contributed by atoms with Gasteiger partial charge in [-0.15, -0.1) is 0 Å². The summed E-state index contributed by atoms with van der Waals surface area (Å²) in [6, 6.07) is 26.7. The quantitative estimate of drug-likeness (QED) is 0.212. The van der Waals surface area contributed by atoms with Crippen molar-refractivity contribution in [3.63, 3.8) is 0 Å². The molecule has 1 amide bonds. The van der Waals surface area contributed by atoms with E-state index in [0.29, 0.717) is 16.4 Å². The van der Waals surface area contributed by atoms with Gasteiger partial charge in [0, 0.05) is 29.8 Å². The smallest absolute Gasteiger partial charge is 0.260 e. The highest BCUT2D eigenvalue weighted by atomic mass is 79.9. The largest absolute Gasteiger partial charge is 0.278 e. The third-order valence-electron chi connectivity index (χ3n) is 5.92. The van der Waals surface area contributed by atoms with Gasteiger partial charge in [-0.3, -0.25) is 14.7 Å². The summed E-state index contributed by atoms with van der Waals surface area (Å²) in [7, 11) is -2.20. The number of fused-ring (bicyclic) bond motifs is 1. The molecule has 38 heavy (non-hydrogen) atoms. The van der Waals surface area contributed by atoms with Crippen LogP contribution in [0.4, 0.5) is 5.13 Å². The summed E-state index contributed by atoms with van der Waals surface area (Å²) in [6.45, 7) is 0.468. The molecule has 0 aliphatic rings. The number of pyridine rings is 1. The van der Waals surface area contributed by atoms with Gasteiger partial charge in [0.2, 0.25) is 10.0 Å². The molecule has 2 heterocycles. The zero-order valence-corrected chi connectivity index (χ0v) is 23.6. The van der Waals surface area contributed by atoms with Crippen LogP contribution in [-0.4, -0.2) is 35.6 Å². The summed E-state index contributed by atoms with van der Waals surface area (Å²) in [4.78, 5) is 24.5. The van der Waals surface area contributed by atoms with Gasteiger partial charge in [0.25, 0.3) is 5.91 Å². The van der Waals surface area contributed by atoms with E-state index in [-0.39, 0.29) is 23.9 Å². The SMILES string of the molecule is CN(Cc1ccccc1)S(=O)(=O)c1ccc(C(=O)N(Cc2ccccn2)c2nc3ccc(Br)cc3s2)cc1. The Labute approximate surface area is 233 Å². The minimum atomic E-state index is -3.74. The number of benzene rings is 3. The molecule has 0 unspecified atom stereocenters. The molecular weight excluding hydrogens is 584 g/mol. The number of halogens is 1. The number of thiazole rings is 1. The lowest BCUT2D eigenvalue weighted by Gasteiger charge is -2.20. The van der Waals surface area contributed by atoms with Crippen LogP contribution in [0.2, 0.25) is 0 Å². The number of carbonyl (C=O) groups is 1. The average molecular weight is 608 g/mol. The molecule has 0 N–H and O–H groups in total. The molecule has 0 bridgehead atoms. The number of amides is 1. The highest BCUT2D eigenvalue weighted by Gasteiger charge is 2.25. The fourth-order valence-electron chi connectivity index (χ4n) is 3.91. The van der Waals surface area contributed by atoms with Crippen LogP contribution in [0.5, 0.6) is 0 Å². The van der Waals surface area contributed by atoms with Gasteiger partial charge in [0.1, 0.15) is 0 Å². The number of hydrogen-bond donors (Lipinski definition) is 0. The molecule has 192 valence electrons. The van der Waals surface area contributed by atoms with Crippen LogP contribution >= 0.6 is 27.3 Å². The van der Waals surface area contributed by atoms with E-state index < -0.39 is 10.0 Å². The first-order valence-corrected chi connectivity index (χ1v) is 14.7. The first-order valence-electron chi connectivity index (χ1n) is 11.7. The number of carbonyl (C=O) groups excluding carboxylic acids is 1. The normalized spacial score (nSPS) is 11.7. The first-order chi connectivity index (χ1) is 18.3. The molecule has 0 saturated heterocycles. The van der Waals surface area contributed by atoms with E-state index in [1.54, 1.807) is 30.3 Å². The average Bonchev–Trinajstić information content (AvgIpc) is 3.35. The number of hydrogen-bond acceptors (Lipinski definition) is 6. The Morgan fingerprint density at radius 3 is 2.37 bits per heavy atom. The van der Waals surface area contributed by atoms with Crippen molar-refractivity contribution >= 4 is 58.5 Å². The van der Waals surface area contributed by atoms with Gasteiger partial charge in [0.05, 0.1) is 27.4 Å². The molecule has 7 nitrogen and oxygen atoms in total. The monoisotopic (exact) mass is 606 g/mol. The zero-order valence-electron chi connectivity index (χ0n) is 20.4. The lowest BCUT2D eigenvalue weighted by Crippen LogP contribution is -2.31. The molecule has 0 aliphatic carbocycles. The standard InChI is InChI=1S/C28H23BrN4O3S2/c1-32(18-20-7-3-2-4-8-20)38(35,36)24-13-10-21(11-14-24)27(34)33(19-23-9-5-6-16-30-23)28-31-25-15-12-22(29)17-26(25)37-28/h2-17H,18-19H2,1H3. The van der Waals surface area contributed by atoms with Gasteiger partial charge < -0.3 is 0 Å². The summed E-state index contributed by atoms with van der Waals surface area (Å²) < 4.78 is 29.5. The third kappa shape index (κ3) is 5.68. The lowest BCUT2D eigenvalue weighted by atomic mass is 10.2. The Hall–Kier alpha value is -3.44. The van der Waals surface area contributed by atoms with E-state index in [0.717, 1.165) is 20.3 Å². The number of nitrogens with zero attached hydrogens (tertiary/aromatic N) is 4. The van der Waals surface area contributed by atoms with Crippen LogP contribution in [0, 0.1) is 0 Å². The van der Waals surface area contributed by atoms with Crippen LogP contribution in [0.3, 0.4) is 0 Å². The summed E-state index contributed by atoms with van der Waals surface area (Å²) in [5.74, 6) is -0.296. The molecule has 10 heteroatoms. The Kier molecular flexibility index (Phi) is 7.66. The number of anilines is 1. The summed E-state index contributed by atoms with van der Waals surface area (Å²) in [5.41, 5.74) is 2.74. The number of rotatable bonds is 8. The predicted molar refractivity (Wildman–Crippen MR) is 154 cm³/mol. The molecule has 0 saturated carbocycles. The third-order valence-corrected chi connectivity index (χ3v) is 9.27. The molecule has 5 rings (SSSR count). The van der Waals surface area contributed by atoms with Crippen LogP contribution in [-0.2, 0) is 23.1 Å². The number of sulfonamides is 1. The molecule has 5 aromatic rings. The van der Waals surface area contributed by atoms with Gasteiger partial charge >= 0.3 is 0 Å². The van der Waals surface area contributed by atoms with Gasteiger partial charge in [-0.1, -0.05) is 63.7 Å². The molecule has 2 aromatic heterocycles. The van der Waals surface area contributed by atoms with Crippen molar-refractivity contribution < 1.29 is 13.2 Å². The molecule has 3 aromatic carbocycles. The van der Waals surface area contributed by atoms with E-state index in [1.165, 1.54) is 27.8 Å². The van der Waals surface area contributed by atoms with Crippen LogP contribution in [0.15, 0.2) is 107 Å². The van der Waals surface area contributed by atoms with E-state index in [2.05, 4.69) is 25.9 Å². The second kappa shape index (κ2) is 11.1. The summed E-state index contributed by atoms with van der Waals surface area (Å²) >= 11 is 4.89. The van der Waals surface area contributed by atoms with Crippen molar-refractivity contribution in [1.82, 2.24) is 14.3 Å². The molecule has 0 spiro atoms. The van der Waals surface area contributed by atoms with E-state index in [9.17, 15) is 13.2 Å². The lowest BCUT2D eigenvalue weighted by molar-refractivity contribution is 0.0984. The Balaban J connectivity index is 1.43. The summed E-state index contributed by atoms with van der Waals surface area (Å²) in [5, 5.41) is 0.535. The van der Waals surface area contributed by atoms with Crippen LogP contribution < -0.4 is 4.90 Å². The van der Waals surface area contributed by atoms with Gasteiger partial charge in [-0.05, 0) is 60.2 Å². The minimum Gasteiger partial charge on any atom is -0.278 e. The maximum atomic E-state index is 13.7. The second-order valence-electron chi connectivity index (χ2n) is 8.59. The second-order valence-corrected chi connectivity index (χ2v) is 12.6. The van der Waals surface area contributed by atoms with E-state index in [1.807, 2.05) is 66.7 Å². The molecule has 0 aliphatic heterocycles. The maximum Gasteiger partial charge on any atom is 0.260 e. The molecule has 0 fully saturated rings. The van der Waals surface area contributed by atoms with Crippen molar-refractivity contribution in [3.8, 4) is 0 Å². The fourth-order valence-corrected chi connectivity index (χ4v) is 6.59. The highest BCUT2D eigenvalue weighted by Crippen LogP contribution is 2.32. The first kappa shape index (κ1) is 26.2. The molecular formula is C28H23BrN4O3S2. The molecule has 0 radical (unpaired) electrons. The van der Waals surface area contributed by atoms with Crippen molar-refractivity contribution in [2.24, 2.45) is 0 Å². The predicted octanol–water partition coefficient (Wildman–Crippen LogP) is 6.12. The van der Waals surface area contributed by atoms with Crippen molar-refractivity contribution in [2.75, 3.05) is 11.9 Å². The van der Waals surface area contributed by atoms with Gasteiger partial charge in [-0.2, -0.15) is 4.31 Å². The van der Waals surface area contributed by atoms with Gasteiger partial charge in [-0.25, -0.2) is 13.4 Å². The van der Waals surface area contributed by atoms with E-state index in [4.69, 9.17) is 0 Å². The summed E-state index contributed by atoms with van der Waals surface area (Å²) in [6.07, 6.45) is 1.68. The van der Waals surface area contributed by atoms with Crippen LogP contribution in [0.25, 0.3) is 10.2 Å².